The summed E-state index contributed by atoms with van der Waals surface area (Å²) in [6, 6.07) is 2.18. The summed E-state index contributed by atoms with van der Waals surface area (Å²) in [4.78, 5) is 6.21. The van der Waals surface area contributed by atoms with Gasteiger partial charge in [-0.25, -0.2) is 13.8 Å². The maximum absolute atomic E-state index is 13.4. The van der Waals surface area contributed by atoms with Crippen LogP contribution in [0.1, 0.15) is 13.8 Å². The Labute approximate surface area is 133 Å². The average molecular weight is 325 g/mol. The SMILES string of the molecule is C[C@@H]1CN(C[C@H](O)Cn2cnc3cc(F)c(F)cc32)C[C@@H](C)O1. The Morgan fingerprint density at radius 1 is 1.22 bits per heavy atom. The summed E-state index contributed by atoms with van der Waals surface area (Å²) >= 11 is 0. The summed E-state index contributed by atoms with van der Waals surface area (Å²) in [6.07, 6.45) is 1.14. The van der Waals surface area contributed by atoms with E-state index in [2.05, 4.69) is 9.88 Å². The summed E-state index contributed by atoms with van der Waals surface area (Å²) in [7, 11) is 0. The second-order valence-corrected chi connectivity index (χ2v) is 6.28. The fourth-order valence-corrected chi connectivity index (χ4v) is 3.22. The van der Waals surface area contributed by atoms with E-state index in [1.165, 1.54) is 6.33 Å². The van der Waals surface area contributed by atoms with Crippen molar-refractivity contribution in [3.05, 3.63) is 30.1 Å². The molecule has 3 atom stereocenters. The lowest BCUT2D eigenvalue weighted by molar-refractivity contribution is -0.0772. The minimum Gasteiger partial charge on any atom is -0.390 e. The van der Waals surface area contributed by atoms with Gasteiger partial charge in [0.25, 0.3) is 0 Å². The zero-order chi connectivity index (χ0) is 16.6. The topological polar surface area (TPSA) is 50.5 Å². The van der Waals surface area contributed by atoms with Crippen LogP contribution in [0, 0.1) is 11.6 Å². The van der Waals surface area contributed by atoms with E-state index in [4.69, 9.17) is 4.74 Å². The molecule has 1 saturated heterocycles. The molecule has 2 heterocycles. The van der Waals surface area contributed by atoms with Crippen molar-refractivity contribution in [1.82, 2.24) is 14.5 Å². The molecule has 0 amide bonds. The van der Waals surface area contributed by atoms with Crippen molar-refractivity contribution in [1.29, 1.82) is 0 Å². The van der Waals surface area contributed by atoms with Crippen molar-refractivity contribution >= 4 is 11.0 Å². The third kappa shape index (κ3) is 3.68. The average Bonchev–Trinajstić information content (AvgIpc) is 2.80. The molecule has 7 heteroatoms. The molecule has 0 unspecified atom stereocenters. The zero-order valence-electron chi connectivity index (χ0n) is 13.2. The van der Waals surface area contributed by atoms with E-state index in [-0.39, 0.29) is 18.8 Å². The standard InChI is InChI=1S/C16H21F2N3O2/c1-10-5-20(6-11(2)23-10)7-12(22)8-21-9-19-15-3-13(17)14(18)4-16(15)21/h3-4,9-12,22H,5-8H2,1-2H3/t10-,11-,12+/m1/s1. The number of rotatable bonds is 4. The van der Waals surface area contributed by atoms with Crippen molar-refractivity contribution in [3.8, 4) is 0 Å². The van der Waals surface area contributed by atoms with E-state index >= 15 is 0 Å². The van der Waals surface area contributed by atoms with Crippen molar-refractivity contribution in [3.63, 3.8) is 0 Å². The number of nitrogens with zero attached hydrogens (tertiary/aromatic N) is 3. The molecule has 126 valence electrons. The molecule has 1 fully saturated rings. The van der Waals surface area contributed by atoms with Gasteiger partial charge in [-0.1, -0.05) is 0 Å². The molecule has 1 aromatic carbocycles. The Morgan fingerprint density at radius 3 is 2.57 bits per heavy atom. The van der Waals surface area contributed by atoms with Gasteiger partial charge in [0.1, 0.15) is 0 Å². The predicted molar refractivity (Wildman–Crippen MR) is 82.1 cm³/mol. The molecular weight excluding hydrogens is 304 g/mol. The van der Waals surface area contributed by atoms with E-state index < -0.39 is 17.7 Å². The number of morpholine rings is 1. The highest BCUT2D eigenvalue weighted by Gasteiger charge is 2.24. The van der Waals surface area contributed by atoms with Crippen LogP contribution in [0.3, 0.4) is 0 Å². The summed E-state index contributed by atoms with van der Waals surface area (Å²) in [6.45, 7) is 6.34. The van der Waals surface area contributed by atoms with Crippen LogP contribution >= 0.6 is 0 Å². The van der Waals surface area contributed by atoms with Crippen LogP contribution < -0.4 is 0 Å². The van der Waals surface area contributed by atoms with Crippen LogP contribution in [0.5, 0.6) is 0 Å². The number of halogens is 2. The van der Waals surface area contributed by atoms with E-state index in [0.717, 1.165) is 25.2 Å². The molecular formula is C16H21F2N3O2. The minimum absolute atomic E-state index is 0.136. The number of imidazole rings is 1. The van der Waals surface area contributed by atoms with Gasteiger partial charge in [-0.15, -0.1) is 0 Å². The lowest BCUT2D eigenvalue weighted by Crippen LogP contribution is -2.48. The van der Waals surface area contributed by atoms with Gasteiger partial charge in [-0.2, -0.15) is 0 Å². The van der Waals surface area contributed by atoms with Crippen molar-refractivity contribution in [2.24, 2.45) is 0 Å². The number of benzene rings is 1. The first kappa shape index (κ1) is 16.3. The molecule has 1 aliphatic heterocycles. The number of β-amino-alcohol motifs (C(OH)–C–C–N with tert-alkyl or cyclic N) is 1. The smallest absolute Gasteiger partial charge is 0.161 e. The lowest BCUT2D eigenvalue weighted by Gasteiger charge is -2.36. The van der Waals surface area contributed by atoms with Crippen molar-refractivity contribution in [2.75, 3.05) is 19.6 Å². The van der Waals surface area contributed by atoms with Gasteiger partial charge < -0.3 is 14.4 Å². The lowest BCUT2D eigenvalue weighted by atomic mass is 10.2. The highest BCUT2D eigenvalue weighted by atomic mass is 19.2. The summed E-state index contributed by atoms with van der Waals surface area (Å²) in [5.41, 5.74) is 0.858. The van der Waals surface area contributed by atoms with Gasteiger partial charge in [0.15, 0.2) is 11.6 Å². The number of hydrogen-bond acceptors (Lipinski definition) is 4. The number of aliphatic hydroxyl groups excluding tert-OH is 1. The first-order chi connectivity index (χ1) is 10.9. The Hall–Kier alpha value is -1.57. The normalized spacial score (nSPS) is 24.2. The Bertz CT molecular complexity index is 681. The van der Waals surface area contributed by atoms with Crippen molar-refractivity contribution in [2.45, 2.75) is 38.7 Å². The van der Waals surface area contributed by atoms with E-state index in [9.17, 15) is 13.9 Å². The molecule has 1 aromatic heterocycles. The zero-order valence-corrected chi connectivity index (χ0v) is 13.2. The molecule has 1 N–H and O–H groups in total. The maximum Gasteiger partial charge on any atom is 0.161 e. The first-order valence-corrected chi connectivity index (χ1v) is 7.78. The quantitative estimate of drug-likeness (QED) is 0.931. The van der Waals surface area contributed by atoms with Crippen LogP contribution in [-0.4, -0.2) is 57.5 Å². The predicted octanol–water partition coefficient (Wildman–Crippen LogP) is 1.78. The molecule has 0 bridgehead atoms. The number of aliphatic hydroxyl groups is 1. The Balaban J connectivity index is 1.68. The highest BCUT2D eigenvalue weighted by Crippen LogP contribution is 2.18. The fraction of sp³-hybridized carbons (Fsp3) is 0.562. The van der Waals surface area contributed by atoms with Gasteiger partial charge in [-0.3, -0.25) is 4.90 Å². The first-order valence-electron chi connectivity index (χ1n) is 7.78. The number of hydrogen-bond donors (Lipinski definition) is 1. The molecule has 0 aliphatic carbocycles. The highest BCUT2D eigenvalue weighted by molar-refractivity contribution is 5.75. The molecule has 5 nitrogen and oxygen atoms in total. The van der Waals surface area contributed by atoms with Crippen LogP contribution in [0.25, 0.3) is 11.0 Å². The summed E-state index contributed by atoms with van der Waals surface area (Å²) < 4.78 is 33.9. The molecule has 3 rings (SSSR count). The second-order valence-electron chi connectivity index (χ2n) is 6.28. The molecule has 0 radical (unpaired) electrons. The third-order valence-electron chi connectivity index (χ3n) is 4.03. The second kappa shape index (κ2) is 6.51. The summed E-state index contributed by atoms with van der Waals surface area (Å²) in [5.74, 6) is -1.83. The van der Waals surface area contributed by atoms with Gasteiger partial charge in [-0.05, 0) is 13.8 Å². The minimum atomic E-state index is -0.917. The van der Waals surface area contributed by atoms with Crippen LogP contribution in [-0.2, 0) is 11.3 Å². The Morgan fingerprint density at radius 2 is 1.87 bits per heavy atom. The molecule has 0 spiro atoms. The molecule has 2 aromatic rings. The van der Waals surface area contributed by atoms with Crippen LogP contribution in [0.15, 0.2) is 18.5 Å². The van der Waals surface area contributed by atoms with Crippen LogP contribution in [0.2, 0.25) is 0 Å². The molecule has 23 heavy (non-hydrogen) atoms. The van der Waals surface area contributed by atoms with Crippen molar-refractivity contribution < 1.29 is 18.6 Å². The van der Waals surface area contributed by atoms with E-state index in [1.807, 2.05) is 13.8 Å². The maximum atomic E-state index is 13.4. The van der Waals surface area contributed by atoms with Crippen LogP contribution in [0.4, 0.5) is 8.78 Å². The molecule has 1 aliphatic rings. The molecule has 0 saturated carbocycles. The van der Waals surface area contributed by atoms with E-state index in [1.54, 1.807) is 4.57 Å². The third-order valence-corrected chi connectivity index (χ3v) is 4.03. The Kier molecular flexibility index (Phi) is 4.61. The van der Waals surface area contributed by atoms with Gasteiger partial charge in [0.05, 0.1) is 42.2 Å². The fourth-order valence-electron chi connectivity index (χ4n) is 3.22. The van der Waals surface area contributed by atoms with Gasteiger partial charge in [0, 0.05) is 31.8 Å². The monoisotopic (exact) mass is 325 g/mol. The number of aromatic nitrogens is 2. The summed E-state index contributed by atoms with van der Waals surface area (Å²) in [5, 5.41) is 10.3. The largest absolute Gasteiger partial charge is 0.390 e. The van der Waals surface area contributed by atoms with Gasteiger partial charge >= 0.3 is 0 Å². The van der Waals surface area contributed by atoms with E-state index in [0.29, 0.717) is 17.6 Å². The van der Waals surface area contributed by atoms with Gasteiger partial charge in [0.2, 0.25) is 0 Å². The number of fused-ring (bicyclic) bond motifs is 1. The number of ether oxygens (including phenoxy) is 1.